The second-order valence-corrected chi connectivity index (χ2v) is 7.08. The van der Waals surface area contributed by atoms with Gasteiger partial charge in [-0.3, -0.25) is 9.59 Å². The van der Waals surface area contributed by atoms with Crippen LogP contribution >= 0.6 is 34.5 Å². The van der Waals surface area contributed by atoms with E-state index in [0.29, 0.717) is 14.9 Å². The second kappa shape index (κ2) is 7.87. The van der Waals surface area contributed by atoms with E-state index in [9.17, 15) is 9.59 Å². The summed E-state index contributed by atoms with van der Waals surface area (Å²) in [5.41, 5.74) is 0.778. The lowest BCUT2D eigenvalue weighted by Gasteiger charge is -2.06. The fourth-order valence-corrected chi connectivity index (χ4v) is 3.88. The van der Waals surface area contributed by atoms with E-state index in [0.717, 1.165) is 15.6 Å². The van der Waals surface area contributed by atoms with E-state index in [1.54, 1.807) is 24.3 Å². The van der Waals surface area contributed by atoms with E-state index in [1.807, 2.05) is 24.3 Å². The average Bonchev–Trinajstić information content (AvgIpc) is 2.95. The summed E-state index contributed by atoms with van der Waals surface area (Å²) in [6.07, 6.45) is 0. The van der Waals surface area contributed by atoms with Crippen LogP contribution in [0.2, 0.25) is 10.0 Å². The van der Waals surface area contributed by atoms with Gasteiger partial charge in [-0.05, 0) is 23.8 Å². The monoisotopic (exact) mass is 393 g/mol. The van der Waals surface area contributed by atoms with E-state index in [4.69, 9.17) is 27.9 Å². The third kappa shape index (κ3) is 4.31. The topological polar surface area (TPSA) is 55.4 Å². The standard InChI is InChI=1S/C18H13Cl2NO3S/c19-12-5-3-4-11(8-12)10-24-15(22)9-21-18(23)17-16(20)13-6-1-2-7-14(13)25-17/h1-8H,9-10H2,(H,21,23). The second-order valence-electron chi connectivity index (χ2n) is 5.21. The van der Waals surface area contributed by atoms with E-state index in [2.05, 4.69) is 5.32 Å². The first-order valence-corrected chi connectivity index (χ1v) is 8.97. The lowest BCUT2D eigenvalue weighted by Crippen LogP contribution is -2.30. The van der Waals surface area contributed by atoms with Crippen LogP contribution in [0.25, 0.3) is 10.1 Å². The fourth-order valence-electron chi connectivity index (χ4n) is 2.23. The van der Waals surface area contributed by atoms with Gasteiger partial charge in [0, 0.05) is 15.1 Å². The summed E-state index contributed by atoms with van der Waals surface area (Å²) in [5, 5.41) is 4.32. The molecule has 2 aromatic carbocycles. The zero-order chi connectivity index (χ0) is 17.8. The summed E-state index contributed by atoms with van der Waals surface area (Å²) in [7, 11) is 0. The number of thiophene rings is 1. The van der Waals surface area contributed by atoms with Gasteiger partial charge in [0.1, 0.15) is 18.0 Å². The highest BCUT2D eigenvalue weighted by molar-refractivity contribution is 7.21. The van der Waals surface area contributed by atoms with Gasteiger partial charge in [-0.15, -0.1) is 11.3 Å². The number of hydrogen-bond acceptors (Lipinski definition) is 4. The number of amides is 1. The molecule has 7 heteroatoms. The quantitative estimate of drug-likeness (QED) is 0.640. The molecule has 1 heterocycles. The van der Waals surface area contributed by atoms with Crippen LogP contribution in [0.4, 0.5) is 0 Å². The van der Waals surface area contributed by atoms with Gasteiger partial charge >= 0.3 is 5.97 Å². The molecule has 0 fully saturated rings. The zero-order valence-corrected chi connectivity index (χ0v) is 15.3. The largest absolute Gasteiger partial charge is 0.460 e. The van der Waals surface area contributed by atoms with Crippen LogP contribution in [0, 0.1) is 0 Å². The van der Waals surface area contributed by atoms with Crippen molar-refractivity contribution in [3.05, 3.63) is 69.0 Å². The molecule has 1 N–H and O–H groups in total. The predicted octanol–water partition coefficient (Wildman–Crippen LogP) is 4.68. The van der Waals surface area contributed by atoms with E-state index in [-0.39, 0.29) is 13.2 Å². The number of halogens is 2. The number of esters is 1. The number of rotatable bonds is 5. The molecule has 0 radical (unpaired) electrons. The molecular formula is C18H13Cl2NO3S. The molecular weight excluding hydrogens is 381 g/mol. The predicted molar refractivity (Wildman–Crippen MR) is 100 cm³/mol. The van der Waals surface area contributed by atoms with E-state index in [1.165, 1.54) is 11.3 Å². The molecule has 128 valence electrons. The molecule has 0 aliphatic heterocycles. The van der Waals surface area contributed by atoms with Crippen molar-refractivity contribution < 1.29 is 14.3 Å². The molecule has 3 rings (SSSR count). The first-order chi connectivity index (χ1) is 12.0. The lowest BCUT2D eigenvalue weighted by molar-refractivity contribution is -0.143. The maximum Gasteiger partial charge on any atom is 0.325 e. The molecule has 0 aliphatic carbocycles. The molecule has 1 amide bonds. The smallest absolute Gasteiger partial charge is 0.325 e. The van der Waals surface area contributed by atoms with Crippen LogP contribution in [0.15, 0.2) is 48.5 Å². The Balaban J connectivity index is 1.56. The number of fused-ring (bicyclic) bond motifs is 1. The summed E-state index contributed by atoms with van der Waals surface area (Å²) in [6, 6.07) is 14.5. The number of ether oxygens (including phenoxy) is 1. The molecule has 0 atom stereocenters. The Labute approximate surface area is 158 Å². The number of hydrogen-bond donors (Lipinski definition) is 1. The Morgan fingerprint density at radius 2 is 1.88 bits per heavy atom. The average molecular weight is 394 g/mol. The molecule has 0 unspecified atom stereocenters. The van der Waals surface area contributed by atoms with Crippen molar-refractivity contribution in [2.75, 3.05) is 6.54 Å². The van der Waals surface area contributed by atoms with Gasteiger partial charge in [0.15, 0.2) is 0 Å². The van der Waals surface area contributed by atoms with Gasteiger partial charge < -0.3 is 10.1 Å². The number of benzene rings is 2. The Hall–Kier alpha value is -2.08. The first kappa shape index (κ1) is 17.7. The van der Waals surface area contributed by atoms with Crippen LogP contribution in [-0.2, 0) is 16.1 Å². The molecule has 3 aromatic rings. The highest BCUT2D eigenvalue weighted by Gasteiger charge is 2.17. The molecule has 1 aromatic heterocycles. The van der Waals surface area contributed by atoms with Crippen molar-refractivity contribution in [1.82, 2.24) is 5.32 Å². The molecule has 0 saturated carbocycles. The van der Waals surface area contributed by atoms with Gasteiger partial charge in [-0.25, -0.2) is 0 Å². The normalized spacial score (nSPS) is 10.6. The van der Waals surface area contributed by atoms with Gasteiger partial charge in [0.05, 0.1) is 5.02 Å². The SMILES string of the molecule is O=C(CNC(=O)c1sc2ccccc2c1Cl)OCc1cccc(Cl)c1. The van der Waals surface area contributed by atoms with Crippen molar-refractivity contribution in [2.24, 2.45) is 0 Å². The first-order valence-electron chi connectivity index (χ1n) is 7.40. The summed E-state index contributed by atoms with van der Waals surface area (Å²) in [4.78, 5) is 24.4. The van der Waals surface area contributed by atoms with Crippen LogP contribution in [-0.4, -0.2) is 18.4 Å². The van der Waals surface area contributed by atoms with Crippen molar-refractivity contribution >= 4 is 56.5 Å². The molecule has 0 aliphatic rings. The summed E-state index contributed by atoms with van der Waals surface area (Å²) in [5.74, 6) is -0.934. The molecule has 0 bridgehead atoms. The van der Waals surface area contributed by atoms with Crippen LogP contribution in [0.1, 0.15) is 15.2 Å². The Morgan fingerprint density at radius 3 is 2.64 bits per heavy atom. The highest BCUT2D eigenvalue weighted by Crippen LogP contribution is 2.34. The third-order valence-electron chi connectivity index (χ3n) is 3.42. The van der Waals surface area contributed by atoms with Crippen molar-refractivity contribution in [3.63, 3.8) is 0 Å². The van der Waals surface area contributed by atoms with Crippen LogP contribution < -0.4 is 5.32 Å². The van der Waals surface area contributed by atoms with Gasteiger partial charge in [0.2, 0.25) is 0 Å². The Bertz CT molecular complexity index is 939. The molecule has 4 nitrogen and oxygen atoms in total. The van der Waals surface area contributed by atoms with Crippen LogP contribution in [0.5, 0.6) is 0 Å². The Morgan fingerprint density at radius 1 is 1.08 bits per heavy atom. The molecule has 0 spiro atoms. The lowest BCUT2D eigenvalue weighted by atomic mass is 10.2. The highest BCUT2D eigenvalue weighted by atomic mass is 35.5. The maximum atomic E-state index is 12.2. The Kier molecular flexibility index (Phi) is 5.58. The summed E-state index contributed by atoms with van der Waals surface area (Å²) in [6.45, 7) is -0.136. The van der Waals surface area contributed by atoms with Crippen molar-refractivity contribution in [2.45, 2.75) is 6.61 Å². The third-order valence-corrected chi connectivity index (χ3v) is 5.33. The van der Waals surface area contributed by atoms with Crippen molar-refractivity contribution in [3.8, 4) is 0 Å². The minimum absolute atomic E-state index is 0.0961. The van der Waals surface area contributed by atoms with Gasteiger partial charge in [0.25, 0.3) is 5.91 Å². The van der Waals surface area contributed by atoms with E-state index < -0.39 is 11.9 Å². The summed E-state index contributed by atoms with van der Waals surface area (Å²) < 4.78 is 6.03. The van der Waals surface area contributed by atoms with Crippen molar-refractivity contribution in [1.29, 1.82) is 0 Å². The van der Waals surface area contributed by atoms with E-state index >= 15 is 0 Å². The minimum Gasteiger partial charge on any atom is -0.460 e. The molecule has 25 heavy (non-hydrogen) atoms. The van der Waals surface area contributed by atoms with Gasteiger partial charge in [-0.2, -0.15) is 0 Å². The maximum absolute atomic E-state index is 12.2. The van der Waals surface area contributed by atoms with Gasteiger partial charge in [-0.1, -0.05) is 53.5 Å². The minimum atomic E-state index is -0.537. The number of nitrogens with one attached hydrogen (secondary N) is 1. The molecule has 0 saturated heterocycles. The number of carbonyl (C=O) groups is 2. The zero-order valence-electron chi connectivity index (χ0n) is 12.9. The van der Waals surface area contributed by atoms with Crippen LogP contribution in [0.3, 0.4) is 0 Å². The summed E-state index contributed by atoms with van der Waals surface area (Å²) >= 11 is 13.4. The fraction of sp³-hybridized carbons (Fsp3) is 0.111. The number of carbonyl (C=O) groups excluding carboxylic acids is 2.